The van der Waals surface area contributed by atoms with Gasteiger partial charge in [0.05, 0.1) is 0 Å². The minimum absolute atomic E-state index is 0.193. The number of hydrogen-bond donors (Lipinski definition) is 1. The number of carbonyl (C=O) groups is 2. The van der Waals surface area contributed by atoms with Crippen LogP contribution in [0.5, 0.6) is 0 Å². The Balaban J connectivity index is 1.96. The van der Waals surface area contributed by atoms with E-state index < -0.39 is 5.97 Å². The third-order valence-corrected chi connectivity index (χ3v) is 3.87. The van der Waals surface area contributed by atoms with Crippen molar-refractivity contribution < 1.29 is 14.7 Å². The van der Waals surface area contributed by atoms with Gasteiger partial charge in [0.15, 0.2) is 0 Å². The van der Waals surface area contributed by atoms with E-state index in [1.165, 1.54) is 25.7 Å². The number of nitrogens with zero attached hydrogens (tertiary/aromatic N) is 1. The molecule has 2 aliphatic rings. The van der Waals surface area contributed by atoms with Crippen LogP contribution in [0.4, 0.5) is 0 Å². The number of amides is 1. The van der Waals surface area contributed by atoms with Crippen LogP contribution in [-0.4, -0.2) is 34.5 Å². The van der Waals surface area contributed by atoms with Crippen LogP contribution in [0.1, 0.15) is 44.9 Å². The van der Waals surface area contributed by atoms with Crippen LogP contribution < -0.4 is 0 Å². The highest BCUT2D eigenvalue weighted by molar-refractivity contribution is 5.93. The van der Waals surface area contributed by atoms with Crippen LogP contribution in [0.2, 0.25) is 0 Å². The summed E-state index contributed by atoms with van der Waals surface area (Å²) in [5.74, 6) is -0.579. The van der Waals surface area contributed by atoms with Crippen molar-refractivity contribution in [2.24, 2.45) is 5.92 Å². The fraction of sp³-hybridized carbons (Fsp3) is 0.833. The molecule has 0 radical (unpaired) electrons. The summed E-state index contributed by atoms with van der Waals surface area (Å²) in [6.45, 7) is 0.757. The van der Waals surface area contributed by atoms with Crippen LogP contribution >= 0.6 is 0 Å². The first-order valence-electron chi connectivity index (χ1n) is 6.20. The minimum Gasteiger partial charge on any atom is -0.481 e. The van der Waals surface area contributed by atoms with E-state index in [-0.39, 0.29) is 12.3 Å². The third-order valence-electron chi connectivity index (χ3n) is 3.87. The molecular weight excluding hydrogens is 206 g/mol. The maximum absolute atomic E-state index is 11.8. The van der Waals surface area contributed by atoms with E-state index in [9.17, 15) is 9.59 Å². The molecule has 1 heterocycles. The van der Waals surface area contributed by atoms with E-state index in [1.54, 1.807) is 0 Å². The van der Waals surface area contributed by atoms with Crippen molar-refractivity contribution >= 4 is 11.9 Å². The Morgan fingerprint density at radius 2 is 1.81 bits per heavy atom. The van der Waals surface area contributed by atoms with E-state index in [1.807, 2.05) is 4.90 Å². The second kappa shape index (κ2) is 4.85. The summed E-state index contributed by atoms with van der Waals surface area (Å²) in [5.41, 5.74) is 0. The number of carboxylic acids is 1. The summed E-state index contributed by atoms with van der Waals surface area (Å²) in [4.78, 5) is 24.1. The molecule has 1 N–H and O–H groups in total. The number of carbonyl (C=O) groups excluding carboxylic acids is 1. The Bertz CT molecular complexity index is 284. The Kier molecular flexibility index (Phi) is 3.46. The van der Waals surface area contributed by atoms with Crippen LogP contribution in [0.25, 0.3) is 0 Å². The predicted molar refractivity (Wildman–Crippen MR) is 58.9 cm³/mol. The quantitative estimate of drug-likeness (QED) is 0.743. The average molecular weight is 225 g/mol. The van der Waals surface area contributed by atoms with Crippen LogP contribution in [0.15, 0.2) is 0 Å². The van der Waals surface area contributed by atoms with E-state index in [0.717, 1.165) is 19.4 Å². The fourth-order valence-electron chi connectivity index (χ4n) is 3.17. The molecule has 0 aromatic carbocycles. The molecular formula is C12H19NO3. The summed E-state index contributed by atoms with van der Waals surface area (Å²) in [7, 11) is 0. The van der Waals surface area contributed by atoms with Gasteiger partial charge in [-0.15, -0.1) is 0 Å². The molecule has 2 fully saturated rings. The zero-order valence-corrected chi connectivity index (χ0v) is 9.52. The van der Waals surface area contributed by atoms with Gasteiger partial charge in [-0.2, -0.15) is 0 Å². The van der Waals surface area contributed by atoms with Gasteiger partial charge in [-0.05, 0) is 31.6 Å². The molecule has 1 aliphatic heterocycles. The first-order valence-corrected chi connectivity index (χ1v) is 6.20. The lowest BCUT2D eigenvalue weighted by atomic mass is 9.96. The molecule has 1 saturated heterocycles. The van der Waals surface area contributed by atoms with Crippen LogP contribution in [-0.2, 0) is 9.59 Å². The van der Waals surface area contributed by atoms with Crippen molar-refractivity contribution in [3.63, 3.8) is 0 Å². The van der Waals surface area contributed by atoms with Crippen molar-refractivity contribution in [1.82, 2.24) is 4.90 Å². The molecule has 0 bridgehead atoms. The first kappa shape index (κ1) is 11.4. The van der Waals surface area contributed by atoms with Gasteiger partial charge in [0.1, 0.15) is 6.42 Å². The van der Waals surface area contributed by atoms with Gasteiger partial charge < -0.3 is 10.0 Å². The van der Waals surface area contributed by atoms with Crippen molar-refractivity contribution in [3.8, 4) is 0 Å². The highest BCUT2D eigenvalue weighted by Gasteiger charge is 2.36. The summed E-state index contributed by atoms with van der Waals surface area (Å²) in [5, 5.41) is 8.65. The van der Waals surface area contributed by atoms with Gasteiger partial charge >= 0.3 is 5.97 Å². The lowest BCUT2D eigenvalue weighted by Crippen LogP contribution is -2.40. The van der Waals surface area contributed by atoms with Crippen molar-refractivity contribution in [2.45, 2.75) is 51.0 Å². The van der Waals surface area contributed by atoms with Gasteiger partial charge in [-0.3, -0.25) is 9.59 Å². The van der Waals surface area contributed by atoms with Gasteiger partial charge in [0.2, 0.25) is 5.91 Å². The molecule has 90 valence electrons. The summed E-state index contributed by atoms with van der Waals surface area (Å²) >= 11 is 0. The Morgan fingerprint density at radius 1 is 1.12 bits per heavy atom. The molecule has 0 spiro atoms. The summed E-state index contributed by atoms with van der Waals surface area (Å²) in [6.07, 6.45) is 6.71. The molecule has 0 aromatic heterocycles. The lowest BCUT2D eigenvalue weighted by Gasteiger charge is -2.29. The smallest absolute Gasteiger partial charge is 0.312 e. The third kappa shape index (κ3) is 2.36. The first-order chi connectivity index (χ1) is 7.68. The van der Waals surface area contributed by atoms with E-state index >= 15 is 0 Å². The standard InChI is InChI=1S/C12H19NO3/c14-11(8-12(15)16)13-7-3-6-10(13)9-4-1-2-5-9/h9-10H,1-8H2,(H,15,16). The lowest BCUT2D eigenvalue weighted by molar-refractivity contribution is -0.145. The molecule has 4 nitrogen and oxygen atoms in total. The number of likely N-dealkylation sites (tertiary alicyclic amines) is 1. The maximum atomic E-state index is 11.8. The Hall–Kier alpha value is -1.06. The van der Waals surface area contributed by atoms with E-state index in [4.69, 9.17) is 5.11 Å². The number of rotatable bonds is 3. The highest BCUT2D eigenvalue weighted by atomic mass is 16.4. The molecule has 1 amide bonds. The van der Waals surface area contributed by atoms with E-state index in [0.29, 0.717) is 12.0 Å². The Morgan fingerprint density at radius 3 is 2.44 bits per heavy atom. The molecule has 4 heteroatoms. The topological polar surface area (TPSA) is 57.6 Å². The summed E-state index contributed by atoms with van der Waals surface area (Å²) in [6, 6.07) is 0.328. The molecule has 1 unspecified atom stereocenters. The SMILES string of the molecule is O=C(O)CC(=O)N1CCCC1C1CCCC1. The number of carboxylic acid groups (broad SMARTS) is 1. The molecule has 2 rings (SSSR count). The minimum atomic E-state index is -1.01. The molecule has 1 atom stereocenters. The largest absolute Gasteiger partial charge is 0.481 e. The molecule has 0 aromatic rings. The van der Waals surface area contributed by atoms with Crippen LogP contribution in [0.3, 0.4) is 0 Å². The maximum Gasteiger partial charge on any atom is 0.312 e. The second-order valence-electron chi connectivity index (χ2n) is 4.91. The predicted octanol–water partition coefficient (Wildman–Crippen LogP) is 1.64. The number of hydrogen-bond acceptors (Lipinski definition) is 2. The van der Waals surface area contributed by atoms with Crippen LogP contribution in [0, 0.1) is 5.92 Å². The highest BCUT2D eigenvalue weighted by Crippen LogP contribution is 2.35. The van der Waals surface area contributed by atoms with E-state index in [2.05, 4.69) is 0 Å². The van der Waals surface area contributed by atoms with Gasteiger partial charge in [0.25, 0.3) is 0 Å². The fourth-order valence-corrected chi connectivity index (χ4v) is 3.17. The van der Waals surface area contributed by atoms with Crippen molar-refractivity contribution in [3.05, 3.63) is 0 Å². The molecule has 16 heavy (non-hydrogen) atoms. The normalized spacial score (nSPS) is 26.2. The van der Waals surface area contributed by atoms with Gasteiger partial charge in [-0.25, -0.2) is 0 Å². The number of aliphatic carboxylic acids is 1. The van der Waals surface area contributed by atoms with Crippen molar-refractivity contribution in [1.29, 1.82) is 0 Å². The monoisotopic (exact) mass is 225 g/mol. The van der Waals surface area contributed by atoms with Gasteiger partial charge in [-0.1, -0.05) is 12.8 Å². The molecule has 1 saturated carbocycles. The molecule has 1 aliphatic carbocycles. The van der Waals surface area contributed by atoms with Gasteiger partial charge in [0, 0.05) is 12.6 Å². The zero-order valence-electron chi connectivity index (χ0n) is 9.52. The summed E-state index contributed by atoms with van der Waals surface area (Å²) < 4.78 is 0. The zero-order chi connectivity index (χ0) is 11.5. The van der Waals surface area contributed by atoms with Crippen molar-refractivity contribution in [2.75, 3.05) is 6.54 Å². The average Bonchev–Trinajstić information content (AvgIpc) is 2.87. The second-order valence-corrected chi connectivity index (χ2v) is 4.91. The Labute approximate surface area is 95.6 Å².